The molecule has 1 aromatic heterocycles. The van der Waals surface area contributed by atoms with Crippen molar-refractivity contribution < 1.29 is 4.39 Å². The van der Waals surface area contributed by atoms with Gasteiger partial charge in [0.25, 0.3) is 0 Å². The molecule has 0 fully saturated rings. The van der Waals surface area contributed by atoms with E-state index in [1.54, 1.807) is 11.6 Å². The average Bonchev–Trinajstić information content (AvgIpc) is 2.69. The van der Waals surface area contributed by atoms with E-state index in [0.29, 0.717) is 10.8 Å². The van der Waals surface area contributed by atoms with E-state index in [4.69, 9.17) is 5.26 Å². The second-order valence-electron chi connectivity index (χ2n) is 2.71. The molecule has 1 heterocycles. The third-order valence-electron chi connectivity index (χ3n) is 1.64. The Labute approximate surface area is 89.0 Å². The summed E-state index contributed by atoms with van der Waals surface area (Å²) in [7, 11) is 0. The van der Waals surface area contributed by atoms with E-state index < -0.39 is 5.82 Å². The molecule has 1 N–H and O–H groups in total. The average molecular weight is 220 g/mol. The fourth-order valence-corrected chi connectivity index (χ4v) is 1.54. The van der Waals surface area contributed by atoms with Crippen LogP contribution in [0.3, 0.4) is 0 Å². The van der Waals surface area contributed by atoms with Crippen LogP contribution in [-0.2, 0) is 0 Å². The fraction of sp³-hybridized carbons (Fsp3) is 0. The second-order valence-corrected chi connectivity index (χ2v) is 3.54. The molecule has 0 saturated heterocycles. The third-order valence-corrected chi connectivity index (χ3v) is 2.24. The summed E-state index contributed by atoms with van der Waals surface area (Å²) in [5.74, 6) is -0.457. The molecular weight excluding hydrogens is 215 g/mol. The Kier molecular flexibility index (Phi) is 2.56. The lowest BCUT2D eigenvalue weighted by Gasteiger charge is -2.02. The van der Waals surface area contributed by atoms with Gasteiger partial charge >= 0.3 is 0 Å². The summed E-state index contributed by atoms with van der Waals surface area (Å²) in [5, 5.41) is 19.4. The summed E-state index contributed by atoms with van der Waals surface area (Å²) < 4.78 is 13.0. The van der Waals surface area contributed by atoms with E-state index >= 15 is 0 Å². The van der Waals surface area contributed by atoms with E-state index in [1.807, 2.05) is 6.07 Å². The van der Waals surface area contributed by atoms with Gasteiger partial charge in [-0.05, 0) is 18.2 Å². The highest BCUT2D eigenvalue weighted by Gasteiger charge is 2.02. The Morgan fingerprint density at radius 1 is 1.40 bits per heavy atom. The number of nitrogens with zero attached hydrogens (tertiary/aromatic N) is 3. The number of rotatable bonds is 2. The summed E-state index contributed by atoms with van der Waals surface area (Å²) in [6.07, 6.45) is 0. The molecule has 4 nitrogen and oxygen atoms in total. The number of nitriles is 1. The number of hydrogen-bond donors (Lipinski definition) is 1. The van der Waals surface area contributed by atoms with Crippen molar-refractivity contribution in [3.63, 3.8) is 0 Å². The molecule has 0 spiro atoms. The van der Waals surface area contributed by atoms with E-state index in [0.717, 1.165) is 0 Å². The minimum atomic E-state index is -0.457. The van der Waals surface area contributed by atoms with Gasteiger partial charge in [0.2, 0.25) is 5.13 Å². The summed E-state index contributed by atoms with van der Waals surface area (Å²) in [4.78, 5) is 0. The van der Waals surface area contributed by atoms with Gasteiger partial charge in [-0.25, -0.2) is 4.39 Å². The van der Waals surface area contributed by atoms with Crippen molar-refractivity contribution in [3.05, 3.63) is 35.1 Å². The van der Waals surface area contributed by atoms with Crippen LogP contribution in [0.1, 0.15) is 5.56 Å². The summed E-state index contributed by atoms with van der Waals surface area (Å²) in [6, 6.07) is 5.89. The first-order valence-corrected chi connectivity index (χ1v) is 4.90. The van der Waals surface area contributed by atoms with Crippen LogP contribution < -0.4 is 5.32 Å². The molecule has 74 valence electrons. The lowest BCUT2D eigenvalue weighted by molar-refractivity contribution is 0.628. The first-order chi connectivity index (χ1) is 7.28. The van der Waals surface area contributed by atoms with Gasteiger partial charge in [0.05, 0.1) is 11.6 Å². The van der Waals surface area contributed by atoms with Crippen LogP contribution in [0, 0.1) is 17.1 Å². The van der Waals surface area contributed by atoms with Gasteiger partial charge in [-0.1, -0.05) is 11.3 Å². The van der Waals surface area contributed by atoms with E-state index in [9.17, 15) is 4.39 Å². The molecule has 0 aliphatic rings. The first kappa shape index (κ1) is 9.55. The first-order valence-electron chi connectivity index (χ1n) is 4.02. The maximum atomic E-state index is 13.0. The van der Waals surface area contributed by atoms with Crippen LogP contribution in [0.15, 0.2) is 23.7 Å². The SMILES string of the molecule is N#Cc1cc(F)cc(Nc2nncs2)c1. The van der Waals surface area contributed by atoms with Crippen molar-refractivity contribution in [2.45, 2.75) is 0 Å². The number of benzene rings is 1. The van der Waals surface area contributed by atoms with Crippen LogP contribution in [-0.4, -0.2) is 10.2 Å². The Hall–Kier alpha value is -2.00. The number of aromatic nitrogens is 2. The van der Waals surface area contributed by atoms with E-state index in [-0.39, 0.29) is 5.56 Å². The lowest BCUT2D eigenvalue weighted by Crippen LogP contribution is -1.91. The molecule has 0 unspecified atom stereocenters. The third kappa shape index (κ3) is 2.27. The lowest BCUT2D eigenvalue weighted by atomic mass is 10.2. The molecule has 6 heteroatoms. The second kappa shape index (κ2) is 4.02. The molecule has 0 radical (unpaired) electrons. The van der Waals surface area contributed by atoms with Crippen LogP contribution in [0.2, 0.25) is 0 Å². The zero-order chi connectivity index (χ0) is 10.7. The molecule has 0 atom stereocenters. The number of anilines is 2. The summed E-state index contributed by atoms with van der Waals surface area (Å²) in [6.45, 7) is 0. The molecule has 0 saturated carbocycles. The van der Waals surface area contributed by atoms with Gasteiger partial charge < -0.3 is 5.32 Å². The molecule has 15 heavy (non-hydrogen) atoms. The van der Waals surface area contributed by atoms with Gasteiger partial charge in [-0.2, -0.15) is 5.26 Å². The predicted molar refractivity (Wildman–Crippen MR) is 54.3 cm³/mol. The molecule has 2 aromatic rings. The van der Waals surface area contributed by atoms with Crippen molar-refractivity contribution in [1.29, 1.82) is 5.26 Å². The minimum Gasteiger partial charge on any atom is -0.330 e. The zero-order valence-corrected chi connectivity index (χ0v) is 8.25. The largest absolute Gasteiger partial charge is 0.330 e. The van der Waals surface area contributed by atoms with Crippen molar-refractivity contribution in [2.24, 2.45) is 0 Å². The monoisotopic (exact) mass is 220 g/mol. The molecule has 2 rings (SSSR count). The van der Waals surface area contributed by atoms with Crippen molar-refractivity contribution in [2.75, 3.05) is 5.32 Å². The quantitative estimate of drug-likeness (QED) is 0.843. The normalized spacial score (nSPS) is 9.60. The Bertz CT molecular complexity index is 503. The molecule has 0 amide bonds. The maximum Gasteiger partial charge on any atom is 0.209 e. The zero-order valence-electron chi connectivity index (χ0n) is 7.44. The number of hydrogen-bond acceptors (Lipinski definition) is 5. The van der Waals surface area contributed by atoms with Crippen LogP contribution in [0.5, 0.6) is 0 Å². The Morgan fingerprint density at radius 3 is 2.93 bits per heavy atom. The van der Waals surface area contributed by atoms with Gasteiger partial charge in [0, 0.05) is 5.69 Å². The highest BCUT2D eigenvalue weighted by Crippen LogP contribution is 2.19. The van der Waals surface area contributed by atoms with Crippen molar-refractivity contribution in [1.82, 2.24) is 10.2 Å². The molecule has 1 aromatic carbocycles. The standard InChI is InChI=1S/C9H5FN4S/c10-7-1-6(4-11)2-8(3-7)13-9-14-12-5-15-9/h1-3,5H,(H,13,14). The van der Waals surface area contributed by atoms with Crippen molar-refractivity contribution >= 4 is 22.2 Å². The van der Waals surface area contributed by atoms with Gasteiger partial charge in [0.1, 0.15) is 11.3 Å². The molecule has 0 aliphatic heterocycles. The number of nitrogens with one attached hydrogen (secondary N) is 1. The molecule has 0 aliphatic carbocycles. The summed E-state index contributed by atoms with van der Waals surface area (Å²) >= 11 is 1.30. The van der Waals surface area contributed by atoms with E-state index in [2.05, 4.69) is 15.5 Å². The highest BCUT2D eigenvalue weighted by atomic mass is 32.1. The van der Waals surface area contributed by atoms with Crippen molar-refractivity contribution in [3.8, 4) is 6.07 Å². The topological polar surface area (TPSA) is 61.6 Å². The molecule has 0 bridgehead atoms. The van der Waals surface area contributed by atoms with Crippen LogP contribution in [0.25, 0.3) is 0 Å². The number of halogens is 1. The Morgan fingerprint density at radius 2 is 2.27 bits per heavy atom. The maximum absolute atomic E-state index is 13.0. The van der Waals surface area contributed by atoms with Gasteiger partial charge in [-0.3, -0.25) is 0 Å². The predicted octanol–water partition coefficient (Wildman–Crippen LogP) is 2.29. The van der Waals surface area contributed by atoms with Crippen LogP contribution >= 0.6 is 11.3 Å². The van der Waals surface area contributed by atoms with E-state index in [1.165, 1.54) is 23.5 Å². The van der Waals surface area contributed by atoms with Gasteiger partial charge in [-0.15, -0.1) is 10.2 Å². The smallest absolute Gasteiger partial charge is 0.209 e. The van der Waals surface area contributed by atoms with Gasteiger partial charge in [0.15, 0.2) is 0 Å². The molecular formula is C9H5FN4S. The fourth-order valence-electron chi connectivity index (χ4n) is 1.08. The minimum absolute atomic E-state index is 0.266. The van der Waals surface area contributed by atoms with Crippen LogP contribution in [0.4, 0.5) is 15.2 Å². The summed E-state index contributed by atoms with van der Waals surface area (Å²) in [5.41, 5.74) is 2.32. The Balaban J connectivity index is 2.29. The highest BCUT2D eigenvalue weighted by molar-refractivity contribution is 7.13.